The minimum atomic E-state index is -4.21. The molecule has 0 saturated heterocycles. The summed E-state index contributed by atoms with van der Waals surface area (Å²) < 4.78 is 34.9. The number of benzene rings is 4. The van der Waals surface area contributed by atoms with Gasteiger partial charge in [0.05, 0.1) is 17.7 Å². The van der Waals surface area contributed by atoms with Crippen LogP contribution in [0, 0.1) is 6.92 Å². The Labute approximate surface area is 260 Å². The fourth-order valence-corrected chi connectivity index (χ4v) is 6.42. The quantitative estimate of drug-likeness (QED) is 0.219. The fraction of sp³-hybridized carbons (Fsp3) is 0.257. The first-order valence-electron chi connectivity index (χ1n) is 14.5. The second-order valence-corrected chi connectivity index (χ2v) is 12.7. The number of amides is 2. The molecule has 4 aromatic rings. The van der Waals surface area contributed by atoms with Crippen LogP contribution in [0.2, 0.25) is 0 Å². The normalized spacial score (nSPS) is 11.9. The van der Waals surface area contributed by atoms with Crippen molar-refractivity contribution >= 4 is 27.5 Å². The molecule has 0 aliphatic heterocycles. The van der Waals surface area contributed by atoms with Gasteiger partial charge in [0.2, 0.25) is 11.8 Å². The molecule has 9 heteroatoms. The van der Waals surface area contributed by atoms with Crippen LogP contribution in [-0.2, 0) is 32.6 Å². The van der Waals surface area contributed by atoms with Crippen LogP contribution in [0.3, 0.4) is 0 Å². The largest absolute Gasteiger partial charge is 0.495 e. The lowest BCUT2D eigenvalue weighted by Crippen LogP contribution is -2.54. The number of rotatable bonds is 13. The number of hydrogen-bond acceptors (Lipinski definition) is 5. The molecule has 0 aromatic heterocycles. The number of nitrogens with one attached hydrogen (secondary N) is 1. The Kier molecular flexibility index (Phi) is 10.8. The Morgan fingerprint density at radius 1 is 0.818 bits per heavy atom. The zero-order chi connectivity index (χ0) is 31.7. The van der Waals surface area contributed by atoms with Crippen LogP contribution in [0.5, 0.6) is 5.75 Å². The standard InChI is InChI=1S/C35H39N3O5S/c1-26(2)36-35(40)32(23-28-16-7-5-8-17-28)37(24-29-18-12-11-15-27(29)3)34(39)25-38(31-21-13-14-22-33(31)43-4)44(41,42)30-19-9-6-10-20-30/h5-22,26,32H,23-25H2,1-4H3,(H,36,40)/t32-/m0/s1. The number of carbonyl (C=O) groups excluding carboxylic acids is 2. The van der Waals surface area contributed by atoms with Gasteiger partial charge in [-0.1, -0.05) is 84.9 Å². The maximum absolute atomic E-state index is 14.5. The highest BCUT2D eigenvalue weighted by atomic mass is 32.2. The van der Waals surface area contributed by atoms with Gasteiger partial charge in [-0.2, -0.15) is 0 Å². The van der Waals surface area contributed by atoms with Crippen molar-refractivity contribution in [2.75, 3.05) is 18.0 Å². The molecule has 0 heterocycles. The number of sulfonamides is 1. The van der Waals surface area contributed by atoms with Crippen molar-refractivity contribution < 1.29 is 22.7 Å². The molecule has 0 bridgehead atoms. The zero-order valence-corrected chi connectivity index (χ0v) is 26.3. The molecule has 0 fully saturated rings. The van der Waals surface area contributed by atoms with Crippen molar-refractivity contribution in [3.05, 3.63) is 126 Å². The molecule has 1 N–H and O–H groups in total. The number of carbonyl (C=O) groups is 2. The summed E-state index contributed by atoms with van der Waals surface area (Å²) in [5, 5.41) is 2.97. The SMILES string of the molecule is COc1ccccc1N(CC(=O)N(Cc1ccccc1C)[C@@H](Cc1ccccc1)C(=O)NC(C)C)S(=O)(=O)c1ccccc1. The molecule has 0 saturated carbocycles. The summed E-state index contributed by atoms with van der Waals surface area (Å²) in [7, 11) is -2.77. The Morgan fingerprint density at radius 2 is 1.41 bits per heavy atom. The first-order valence-corrected chi connectivity index (χ1v) is 15.9. The number of hydrogen-bond donors (Lipinski definition) is 1. The number of para-hydroxylation sites is 2. The molecule has 0 aliphatic rings. The van der Waals surface area contributed by atoms with Crippen LogP contribution >= 0.6 is 0 Å². The van der Waals surface area contributed by atoms with Crippen molar-refractivity contribution in [1.82, 2.24) is 10.2 Å². The van der Waals surface area contributed by atoms with Gasteiger partial charge in [0.1, 0.15) is 18.3 Å². The van der Waals surface area contributed by atoms with Gasteiger partial charge in [-0.05, 0) is 61.7 Å². The van der Waals surface area contributed by atoms with E-state index in [-0.39, 0.29) is 35.5 Å². The summed E-state index contributed by atoms with van der Waals surface area (Å²) in [6.45, 7) is 5.23. The smallest absolute Gasteiger partial charge is 0.264 e. The highest BCUT2D eigenvalue weighted by molar-refractivity contribution is 7.92. The molecule has 4 aromatic carbocycles. The summed E-state index contributed by atoms with van der Waals surface area (Å²) in [5.41, 5.74) is 2.89. The predicted molar refractivity (Wildman–Crippen MR) is 173 cm³/mol. The molecule has 0 radical (unpaired) electrons. The van der Waals surface area contributed by atoms with Crippen LogP contribution in [0.1, 0.15) is 30.5 Å². The van der Waals surface area contributed by atoms with E-state index in [0.29, 0.717) is 5.75 Å². The van der Waals surface area contributed by atoms with E-state index in [0.717, 1.165) is 21.0 Å². The number of aryl methyl sites for hydroxylation is 1. The number of ether oxygens (including phenoxy) is 1. The van der Waals surface area contributed by atoms with E-state index in [1.807, 2.05) is 75.4 Å². The Morgan fingerprint density at radius 3 is 2.05 bits per heavy atom. The fourth-order valence-electron chi connectivity index (χ4n) is 4.97. The molecule has 1 atom stereocenters. The molecule has 0 aliphatic carbocycles. The van der Waals surface area contributed by atoms with E-state index in [2.05, 4.69) is 5.32 Å². The lowest BCUT2D eigenvalue weighted by molar-refractivity contribution is -0.140. The second kappa shape index (κ2) is 14.7. The average molecular weight is 614 g/mol. The van der Waals surface area contributed by atoms with E-state index in [4.69, 9.17) is 4.74 Å². The lowest BCUT2D eigenvalue weighted by atomic mass is 10.0. The van der Waals surface area contributed by atoms with Crippen LogP contribution < -0.4 is 14.4 Å². The van der Waals surface area contributed by atoms with Gasteiger partial charge in [0.25, 0.3) is 10.0 Å². The van der Waals surface area contributed by atoms with Gasteiger partial charge in [0, 0.05) is 19.0 Å². The summed E-state index contributed by atoms with van der Waals surface area (Å²) in [6.07, 6.45) is 0.247. The monoisotopic (exact) mass is 613 g/mol. The minimum Gasteiger partial charge on any atom is -0.495 e. The van der Waals surface area contributed by atoms with Gasteiger partial charge in [-0.3, -0.25) is 13.9 Å². The minimum absolute atomic E-state index is 0.0301. The highest BCUT2D eigenvalue weighted by Gasteiger charge is 2.35. The topological polar surface area (TPSA) is 96.0 Å². The summed E-state index contributed by atoms with van der Waals surface area (Å²) in [6, 6.07) is 30.7. The van der Waals surface area contributed by atoms with Crippen LogP contribution in [0.25, 0.3) is 0 Å². The van der Waals surface area contributed by atoms with Crippen molar-refractivity contribution in [2.45, 2.75) is 50.7 Å². The van der Waals surface area contributed by atoms with Crippen LogP contribution in [0.15, 0.2) is 114 Å². The highest BCUT2D eigenvalue weighted by Crippen LogP contribution is 2.32. The molecule has 0 unspecified atom stereocenters. The van der Waals surface area contributed by atoms with Crippen molar-refractivity contribution in [1.29, 1.82) is 0 Å². The summed E-state index contributed by atoms with van der Waals surface area (Å²) in [5.74, 6) is -0.553. The van der Waals surface area contributed by atoms with Gasteiger partial charge in [-0.15, -0.1) is 0 Å². The van der Waals surface area contributed by atoms with Gasteiger partial charge in [-0.25, -0.2) is 8.42 Å². The van der Waals surface area contributed by atoms with Gasteiger partial charge >= 0.3 is 0 Å². The third-order valence-corrected chi connectivity index (χ3v) is 9.04. The van der Waals surface area contributed by atoms with E-state index in [1.165, 1.54) is 24.1 Å². The summed E-state index contributed by atoms with van der Waals surface area (Å²) >= 11 is 0. The lowest BCUT2D eigenvalue weighted by Gasteiger charge is -2.34. The van der Waals surface area contributed by atoms with Crippen molar-refractivity contribution in [3.63, 3.8) is 0 Å². The molecule has 2 amide bonds. The van der Waals surface area contributed by atoms with E-state index in [1.54, 1.807) is 42.5 Å². The van der Waals surface area contributed by atoms with Gasteiger partial charge < -0.3 is 15.0 Å². The molecule has 8 nitrogen and oxygen atoms in total. The predicted octanol–water partition coefficient (Wildman–Crippen LogP) is 5.36. The maximum Gasteiger partial charge on any atom is 0.264 e. The average Bonchev–Trinajstić information content (AvgIpc) is 3.02. The van der Waals surface area contributed by atoms with E-state index in [9.17, 15) is 18.0 Å². The van der Waals surface area contributed by atoms with E-state index >= 15 is 0 Å². The molecule has 4 rings (SSSR count). The van der Waals surface area contributed by atoms with Crippen molar-refractivity contribution in [3.8, 4) is 5.75 Å². The molecular weight excluding hydrogens is 574 g/mol. The molecule has 230 valence electrons. The third kappa shape index (κ3) is 7.85. The zero-order valence-electron chi connectivity index (χ0n) is 25.5. The first-order chi connectivity index (χ1) is 21.1. The third-order valence-electron chi connectivity index (χ3n) is 7.27. The Hall–Kier alpha value is -4.63. The van der Waals surface area contributed by atoms with Crippen LogP contribution in [0.4, 0.5) is 5.69 Å². The maximum atomic E-state index is 14.5. The number of anilines is 1. The van der Waals surface area contributed by atoms with Crippen molar-refractivity contribution in [2.24, 2.45) is 0 Å². The second-order valence-electron chi connectivity index (χ2n) is 10.8. The molecule has 0 spiro atoms. The number of methoxy groups -OCH3 is 1. The van der Waals surface area contributed by atoms with Crippen LogP contribution in [-0.4, -0.2) is 50.9 Å². The summed E-state index contributed by atoms with van der Waals surface area (Å²) in [4.78, 5) is 29.9. The Balaban J connectivity index is 1.83. The van der Waals surface area contributed by atoms with Gasteiger partial charge in [0.15, 0.2) is 0 Å². The molecular formula is C35H39N3O5S. The molecule has 44 heavy (non-hydrogen) atoms. The van der Waals surface area contributed by atoms with E-state index < -0.39 is 28.5 Å². The number of nitrogens with zero attached hydrogens (tertiary/aromatic N) is 2. The first kappa shape index (κ1) is 32.3. The Bertz CT molecular complexity index is 1660.